The molecule has 84 valence electrons. The van der Waals surface area contributed by atoms with E-state index in [1.54, 1.807) is 0 Å². The van der Waals surface area contributed by atoms with E-state index in [9.17, 15) is 0 Å². The molecule has 1 rings (SSSR count). The summed E-state index contributed by atoms with van der Waals surface area (Å²) in [5.74, 6) is 0. The predicted octanol–water partition coefficient (Wildman–Crippen LogP) is 0.751. The van der Waals surface area contributed by atoms with Gasteiger partial charge in [0, 0.05) is 31.7 Å². The van der Waals surface area contributed by atoms with Crippen molar-refractivity contribution < 1.29 is 0 Å². The molecule has 0 radical (unpaired) electrons. The average Bonchev–Trinajstić information content (AvgIpc) is 2.14. The normalized spacial score (nSPS) is 21.4. The molecule has 2 N–H and O–H groups in total. The van der Waals surface area contributed by atoms with Crippen LogP contribution < -0.4 is 5.73 Å². The summed E-state index contributed by atoms with van der Waals surface area (Å²) in [6.07, 6.45) is 1.10. The van der Waals surface area contributed by atoms with Gasteiger partial charge in [-0.3, -0.25) is 0 Å². The molecule has 3 nitrogen and oxygen atoms in total. The molecule has 3 heteroatoms. The van der Waals surface area contributed by atoms with Crippen LogP contribution in [-0.4, -0.2) is 54.6 Å². The largest absolute Gasteiger partial charge is 0.326 e. The van der Waals surface area contributed by atoms with E-state index in [2.05, 4.69) is 30.6 Å². The third-order valence-electron chi connectivity index (χ3n) is 2.98. The van der Waals surface area contributed by atoms with Gasteiger partial charge in [-0.15, -0.1) is 0 Å². The number of rotatable bonds is 4. The van der Waals surface area contributed by atoms with Crippen molar-refractivity contribution in [1.82, 2.24) is 9.80 Å². The number of likely N-dealkylation sites (N-methyl/N-ethyl adjacent to an activating group) is 1. The zero-order valence-corrected chi connectivity index (χ0v) is 9.92. The van der Waals surface area contributed by atoms with Crippen molar-refractivity contribution in [1.29, 1.82) is 0 Å². The third-order valence-corrected chi connectivity index (χ3v) is 2.98. The fourth-order valence-corrected chi connectivity index (χ4v) is 1.78. The van der Waals surface area contributed by atoms with Crippen LogP contribution in [0.3, 0.4) is 0 Å². The molecule has 0 aromatic carbocycles. The standard InChI is InChI=1S/C11H25N3/c1-4-13-7-9-14(10-8-13)6-5-11(2,3)12/h4-10,12H2,1-3H3. The summed E-state index contributed by atoms with van der Waals surface area (Å²) in [4.78, 5) is 5.03. The predicted molar refractivity (Wildman–Crippen MR) is 61.4 cm³/mol. The second-order valence-corrected chi connectivity index (χ2v) is 5.01. The van der Waals surface area contributed by atoms with E-state index >= 15 is 0 Å². The molecule has 0 atom stereocenters. The first kappa shape index (κ1) is 12.0. The van der Waals surface area contributed by atoms with E-state index in [1.807, 2.05) is 0 Å². The maximum absolute atomic E-state index is 5.97. The lowest BCUT2D eigenvalue weighted by Gasteiger charge is -2.35. The Kier molecular flexibility index (Phi) is 4.35. The SMILES string of the molecule is CCN1CCN(CCC(C)(C)N)CC1. The van der Waals surface area contributed by atoms with Crippen molar-refractivity contribution in [3.63, 3.8) is 0 Å². The first-order valence-electron chi connectivity index (χ1n) is 5.75. The highest BCUT2D eigenvalue weighted by molar-refractivity contribution is 4.77. The van der Waals surface area contributed by atoms with E-state index in [0.717, 1.165) is 13.0 Å². The minimum atomic E-state index is -0.0120. The Hall–Kier alpha value is -0.120. The van der Waals surface area contributed by atoms with Crippen molar-refractivity contribution in [2.45, 2.75) is 32.7 Å². The van der Waals surface area contributed by atoms with Gasteiger partial charge in [-0.2, -0.15) is 0 Å². The van der Waals surface area contributed by atoms with Gasteiger partial charge in [0.2, 0.25) is 0 Å². The number of piperazine rings is 1. The zero-order chi connectivity index (χ0) is 10.6. The Morgan fingerprint density at radius 1 is 1.07 bits per heavy atom. The second kappa shape index (κ2) is 5.10. The topological polar surface area (TPSA) is 32.5 Å². The zero-order valence-electron chi connectivity index (χ0n) is 9.92. The monoisotopic (exact) mass is 199 g/mol. The minimum Gasteiger partial charge on any atom is -0.326 e. The molecule has 1 heterocycles. The van der Waals surface area contributed by atoms with Crippen LogP contribution in [-0.2, 0) is 0 Å². The number of nitrogens with zero attached hydrogens (tertiary/aromatic N) is 2. The molecule has 0 unspecified atom stereocenters. The quantitative estimate of drug-likeness (QED) is 0.725. The van der Waals surface area contributed by atoms with Gasteiger partial charge >= 0.3 is 0 Å². The smallest absolute Gasteiger partial charge is 0.0110 e. The summed E-state index contributed by atoms with van der Waals surface area (Å²) in [7, 11) is 0. The second-order valence-electron chi connectivity index (χ2n) is 5.01. The lowest BCUT2D eigenvalue weighted by molar-refractivity contribution is 0.130. The molecule has 0 bridgehead atoms. The molecule has 1 saturated heterocycles. The summed E-state index contributed by atoms with van der Waals surface area (Å²) < 4.78 is 0. The number of hydrogen-bond acceptors (Lipinski definition) is 3. The lowest BCUT2D eigenvalue weighted by Crippen LogP contribution is -2.48. The Labute approximate surface area is 88.2 Å². The van der Waals surface area contributed by atoms with Gasteiger partial charge in [-0.1, -0.05) is 6.92 Å². The first-order chi connectivity index (χ1) is 6.51. The van der Waals surface area contributed by atoms with E-state index in [-0.39, 0.29) is 5.54 Å². The van der Waals surface area contributed by atoms with Crippen LogP contribution in [0.2, 0.25) is 0 Å². The third kappa shape index (κ3) is 4.40. The van der Waals surface area contributed by atoms with Crippen molar-refractivity contribution >= 4 is 0 Å². The Morgan fingerprint density at radius 3 is 2.00 bits per heavy atom. The van der Waals surface area contributed by atoms with Crippen LogP contribution in [0.4, 0.5) is 0 Å². The molecule has 1 fully saturated rings. The van der Waals surface area contributed by atoms with E-state index < -0.39 is 0 Å². The Balaban J connectivity index is 2.16. The summed E-state index contributed by atoms with van der Waals surface area (Å²) >= 11 is 0. The number of hydrogen-bond donors (Lipinski definition) is 1. The highest BCUT2D eigenvalue weighted by Crippen LogP contribution is 2.07. The minimum absolute atomic E-state index is 0.0120. The van der Waals surface area contributed by atoms with Crippen LogP contribution in [0.25, 0.3) is 0 Å². The van der Waals surface area contributed by atoms with Crippen molar-refractivity contribution in [3.8, 4) is 0 Å². The maximum atomic E-state index is 5.97. The summed E-state index contributed by atoms with van der Waals surface area (Å²) in [5, 5.41) is 0. The van der Waals surface area contributed by atoms with Gasteiger partial charge < -0.3 is 15.5 Å². The highest BCUT2D eigenvalue weighted by Gasteiger charge is 2.17. The maximum Gasteiger partial charge on any atom is 0.0110 e. The molecule has 0 spiro atoms. The highest BCUT2D eigenvalue weighted by atomic mass is 15.3. The average molecular weight is 199 g/mol. The Bertz CT molecular complexity index is 154. The van der Waals surface area contributed by atoms with E-state index in [0.29, 0.717) is 0 Å². The molecule has 1 aliphatic rings. The summed E-state index contributed by atoms with van der Waals surface area (Å²) in [5.41, 5.74) is 5.96. The molecule has 0 aromatic rings. The summed E-state index contributed by atoms with van der Waals surface area (Å²) in [6.45, 7) is 13.7. The Morgan fingerprint density at radius 2 is 1.57 bits per heavy atom. The van der Waals surface area contributed by atoms with Gasteiger partial charge in [0.25, 0.3) is 0 Å². The number of nitrogens with two attached hydrogens (primary N) is 1. The van der Waals surface area contributed by atoms with Crippen molar-refractivity contribution in [2.24, 2.45) is 5.73 Å². The van der Waals surface area contributed by atoms with E-state index in [4.69, 9.17) is 5.73 Å². The van der Waals surface area contributed by atoms with Crippen molar-refractivity contribution in [2.75, 3.05) is 39.3 Å². The van der Waals surface area contributed by atoms with Crippen LogP contribution in [0, 0.1) is 0 Å². The molecule has 1 aliphatic heterocycles. The molecular formula is C11H25N3. The molecule has 0 saturated carbocycles. The van der Waals surface area contributed by atoms with Gasteiger partial charge in [-0.05, 0) is 33.4 Å². The van der Waals surface area contributed by atoms with Gasteiger partial charge in [-0.25, -0.2) is 0 Å². The van der Waals surface area contributed by atoms with Gasteiger partial charge in [0.1, 0.15) is 0 Å². The molecule has 0 aliphatic carbocycles. The van der Waals surface area contributed by atoms with Crippen LogP contribution in [0.5, 0.6) is 0 Å². The molecule has 0 aromatic heterocycles. The van der Waals surface area contributed by atoms with E-state index in [1.165, 1.54) is 32.7 Å². The van der Waals surface area contributed by atoms with Crippen LogP contribution in [0.1, 0.15) is 27.2 Å². The fraction of sp³-hybridized carbons (Fsp3) is 1.00. The van der Waals surface area contributed by atoms with Crippen LogP contribution >= 0.6 is 0 Å². The molecule has 14 heavy (non-hydrogen) atoms. The molecular weight excluding hydrogens is 174 g/mol. The van der Waals surface area contributed by atoms with Crippen molar-refractivity contribution in [3.05, 3.63) is 0 Å². The fourth-order valence-electron chi connectivity index (χ4n) is 1.78. The first-order valence-corrected chi connectivity index (χ1v) is 5.75. The van der Waals surface area contributed by atoms with Gasteiger partial charge in [0.05, 0.1) is 0 Å². The molecule has 0 amide bonds. The lowest BCUT2D eigenvalue weighted by atomic mass is 10.0. The van der Waals surface area contributed by atoms with Crippen LogP contribution in [0.15, 0.2) is 0 Å². The summed E-state index contributed by atoms with van der Waals surface area (Å²) in [6, 6.07) is 0. The van der Waals surface area contributed by atoms with Gasteiger partial charge in [0.15, 0.2) is 0 Å².